The molecule has 2 aliphatic rings. The molecule has 2 saturated heterocycles. The van der Waals surface area contributed by atoms with E-state index in [2.05, 4.69) is 4.90 Å². The van der Waals surface area contributed by atoms with Crippen LogP contribution in [0.25, 0.3) is 0 Å². The van der Waals surface area contributed by atoms with Gasteiger partial charge in [0.05, 0.1) is 11.6 Å². The minimum Gasteiger partial charge on any atom is -0.389 e. The molecular weight excluding hydrogens is 314 g/mol. The molecule has 3 rings (SSSR count). The molecule has 4 nitrogen and oxygen atoms in total. The fourth-order valence-electron chi connectivity index (χ4n) is 3.80. The average molecular weight is 338 g/mol. The summed E-state index contributed by atoms with van der Waals surface area (Å²) in [6.07, 6.45) is 3.22. The van der Waals surface area contributed by atoms with Crippen LogP contribution in [0.2, 0.25) is 0 Å². The Bertz CT molecular complexity index is 621. The third-order valence-corrected chi connectivity index (χ3v) is 5.02. The molecule has 0 radical (unpaired) electrons. The summed E-state index contributed by atoms with van der Waals surface area (Å²) in [6, 6.07) is 3.21. The third-order valence-electron chi connectivity index (χ3n) is 5.02. The average Bonchev–Trinajstić information content (AvgIpc) is 2.51. The number of benzene rings is 1. The molecule has 2 heterocycles. The lowest BCUT2D eigenvalue weighted by molar-refractivity contribution is -0.143. The number of carbonyl (C=O) groups is 1. The van der Waals surface area contributed by atoms with Crippen LogP contribution in [0, 0.1) is 11.6 Å². The number of β-amino-alcohol motifs (C(OH)–C–C–N with tert-alkyl or cyclic N) is 1. The first-order chi connectivity index (χ1) is 11.4. The van der Waals surface area contributed by atoms with Crippen molar-refractivity contribution < 1.29 is 18.7 Å². The number of amides is 1. The zero-order valence-electron chi connectivity index (χ0n) is 14.0. The van der Waals surface area contributed by atoms with E-state index < -0.39 is 17.2 Å². The highest BCUT2D eigenvalue weighted by atomic mass is 19.1. The number of hydrogen-bond donors (Lipinski definition) is 1. The summed E-state index contributed by atoms with van der Waals surface area (Å²) in [5, 5.41) is 10.3. The second-order valence-electron chi connectivity index (χ2n) is 7.22. The zero-order valence-corrected chi connectivity index (χ0v) is 14.0. The largest absolute Gasteiger partial charge is 0.389 e. The van der Waals surface area contributed by atoms with E-state index in [-0.39, 0.29) is 18.5 Å². The number of aliphatic hydroxyl groups is 1. The quantitative estimate of drug-likeness (QED) is 0.920. The summed E-state index contributed by atoms with van der Waals surface area (Å²) in [5.74, 6) is -1.26. The van der Waals surface area contributed by atoms with Crippen LogP contribution in [0.5, 0.6) is 0 Å². The first kappa shape index (κ1) is 17.3. The maximum atomic E-state index is 13.9. The Morgan fingerprint density at radius 3 is 2.79 bits per heavy atom. The van der Waals surface area contributed by atoms with E-state index in [4.69, 9.17) is 0 Å². The van der Waals surface area contributed by atoms with E-state index in [1.54, 1.807) is 11.8 Å². The van der Waals surface area contributed by atoms with Crippen LogP contribution in [0.15, 0.2) is 18.2 Å². The number of carbonyl (C=O) groups excluding carboxylic acids is 1. The van der Waals surface area contributed by atoms with Crippen molar-refractivity contribution in [3.8, 4) is 0 Å². The Morgan fingerprint density at radius 2 is 2.08 bits per heavy atom. The van der Waals surface area contributed by atoms with E-state index in [1.165, 1.54) is 12.1 Å². The monoisotopic (exact) mass is 338 g/mol. The maximum absolute atomic E-state index is 13.9. The van der Waals surface area contributed by atoms with Gasteiger partial charge in [-0.25, -0.2) is 8.78 Å². The van der Waals surface area contributed by atoms with E-state index in [0.717, 1.165) is 38.3 Å². The molecule has 1 N–H and O–H groups in total. The maximum Gasteiger partial charge on any atom is 0.240 e. The molecule has 2 atom stereocenters. The van der Waals surface area contributed by atoms with Crippen LogP contribution in [-0.2, 0) is 11.3 Å². The Hall–Kier alpha value is -1.53. The number of halogens is 2. The summed E-state index contributed by atoms with van der Waals surface area (Å²) < 4.78 is 26.9. The third kappa shape index (κ3) is 3.75. The molecule has 24 heavy (non-hydrogen) atoms. The predicted octanol–water partition coefficient (Wildman–Crippen LogP) is 2.30. The highest BCUT2D eigenvalue weighted by molar-refractivity contribution is 5.82. The predicted molar refractivity (Wildman–Crippen MR) is 86.2 cm³/mol. The van der Waals surface area contributed by atoms with Crippen molar-refractivity contribution in [3.05, 3.63) is 35.4 Å². The van der Waals surface area contributed by atoms with Gasteiger partial charge in [0.15, 0.2) is 0 Å². The molecule has 1 amide bonds. The molecule has 0 bridgehead atoms. The molecule has 0 saturated carbocycles. The van der Waals surface area contributed by atoms with Gasteiger partial charge in [-0.05, 0) is 45.2 Å². The fraction of sp³-hybridized carbons (Fsp3) is 0.611. The van der Waals surface area contributed by atoms with E-state index >= 15 is 0 Å². The van der Waals surface area contributed by atoms with Crippen LogP contribution in [0.1, 0.15) is 38.2 Å². The van der Waals surface area contributed by atoms with E-state index in [0.29, 0.717) is 18.7 Å². The highest BCUT2D eigenvalue weighted by Gasteiger charge is 2.38. The van der Waals surface area contributed by atoms with Crippen molar-refractivity contribution in [1.82, 2.24) is 9.80 Å². The molecular formula is C18H24F2N2O2. The van der Waals surface area contributed by atoms with Crippen molar-refractivity contribution in [2.75, 3.05) is 19.6 Å². The summed E-state index contributed by atoms with van der Waals surface area (Å²) >= 11 is 0. The van der Waals surface area contributed by atoms with Crippen LogP contribution in [0.4, 0.5) is 8.78 Å². The topological polar surface area (TPSA) is 43.8 Å². The lowest BCUT2D eigenvalue weighted by Crippen LogP contribution is -2.57. The SMILES string of the molecule is CC1(O)CCCN(C2CCCN(Cc3ccc(F)cc3F)C2=O)C1. The standard InChI is InChI=1S/C18H24F2N2O2/c1-18(24)7-3-9-22(12-18)16-4-2-8-21(17(16)23)11-13-5-6-14(19)10-15(13)20/h5-6,10,16,24H,2-4,7-9,11-12H2,1H3. The Morgan fingerprint density at radius 1 is 1.29 bits per heavy atom. The van der Waals surface area contributed by atoms with Crippen molar-refractivity contribution in [2.24, 2.45) is 0 Å². The second-order valence-corrected chi connectivity index (χ2v) is 7.22. The molecule has 6 heteroatoms. The van der Waals surface area contributed by atoms with E-state index in [1.807, 2.05) is 0 Å². The van der Waals surface area contributed by atoms with Gasteiger partial charge >= 0.3 is 0 Å². The van der Waals surface area contributed by atoms with Crippen molar-refractivity contribution in [2.45, 2.75) is 50.8 Å². The van der Waals surface area contributed by atoms with Crippen molar-refractivity contribution in [3.63, 3.8) is 0 Å². The molecule has 2 fully saturated rings. The van der Waals surface area contributed by atoms with E-state index in [9.17, 15) is 18.7 Å². The smallest absolute Gasteiger partial charge is 0.240 e. The number of hydrogen-bond acceptors (Lipinski definition) is 3. The summed E-state index contributed by atoms with van der Waals surface area (Å²) in [6.45, 7) is 3.83. The highest BCUT2D eigenvalue weighted by Crippen LogP contribution is 2.27. The van der Waals surface area contributed by atoms with Gasteiger partial charge in [0.1, 0.15) is 11.6 Å². The summed E-state index contributed by atoms with van der Waals surface area (Å²) in [4.78, 5) is 16.5. The number of nitrogens with zero attached hydrogens (tertiary/aromatic N) is 2. The van der Waals surface area contributed by atoms with Gasteiger partial charge in [-0.15, -0.1) is 0 Å². The van der Waals surface area contributed by atoms with Gasteiger partial charge in [-0.3, -0.25) is 9.69 Å². The normalized spacial score (nSPS) is 29.1. The minimum atomic E-state index is -0.760. The molecule has 132 valence electrons. The van der Waals surface area contributed by atoms with Gasteiger partial charge in [0.2, 0.25) is 5.91 Å². The van der Waals surface area contributed by atoms with Gasteiger partial charge in [-0.1, -0.05) is 6.07 Å². The lowest BCUT2D eigenvalue weighted by atomic mass is 9.92. The molecule has 0 spiro atoms. The Kier molecular flexibility index (Phi) is 4.88. The first-order valence-electron chi connectivity index (χ1n) is 8.55. The Balaban J connectivity index is 1.70. The van der Waals surface area contributed by atoms with Gasteiger partial charge < -0.3 is 10.0 Å². The molecule has 2 aliphatic heterocycles. The molecule has 2 unspecified atom stereocenters. The van der Waals surface area contributed by atoms with Crippen LogP contribution < -0.4 is 0 Å². The number of likely N-dealkylation sites (tertiary alicyclic amines) is 2. The number of rotatable bonds is 3. The summed E-state index contributed by atoms with van der Waals surface area (Å²) in [7, 11) is 0. The lowest BCUT2D eigenvalue weighted by Gasteiger charge is -2.44. The molecule has 0 aliphatic carbocycles. The molecule has 1 aromatic rings. The zero-order chi connectivity index (χ0) is 17.3. The van der Waals surface area contributed by atoms with Crippen LogP contribution in [0.3, 0.4) is 0 Å². The van der Waals surface area contributed by atoms with Gasteiger partial charge in [0, 0.05) is 31.3 Å². The minimum absolute atomic E-state index is 0.0253. The second kappa shape index (κ2) is 6.76. The summed E-state index contributed by atoms with van der Waals surface area (Å²) in [5.41, 5.74) is -0.430. The van der Waals surface area contributed by atoms with Gasteiger partial charge in [-0.2, -0.15) is 0 Å². The fourth-order valence-corrected chi connectivity index (χ4v) is 3.80. The Labute approximate surface area is 141 Å². The van der Waals surface area contributed by atoms with Crippen molar-refractivity contribution in [1.29, 1.82) is 0 Å². The van der Waals surface area contributed by atoms with Gasteiger partial charge in [0.25, 0.3) is 0 Å². The number of piperidine rings is 2. The molecule has 1 aromatic carbocycles. The van der Waals surface area contributed by atoms with Crippen LogP contribution in [-0.4, -0.2) is 52.1 Å². The first-order valence-corrected chi connectivity index (χ1v) is 8.55. The van der Waals surface area contributed by atoms with Crippen molar-refractivity contribution >= 4 is 5.91 Å². The van der Waals surface area contributed by atoms with Crippen LogP contribution >= 0.6 is 0 Å². The molecule has 0 aromatic heterocycles.